The van der Waals surface area contributed by atoms with Gasteiger partial charge in [0.25, 0.3) is 5.91 Å². The Morgan fingerprint density at radius 2 is 1.55 bits per heavy atom. The van der Waals surface area contributed by atoms with Gasteiger partial charge in [-0.1, -0.05) is 24.3 Å². The maximum Gasteiger partial charge on any atom is 0.416 e. The van der Waals surface area contributed by atoms with E-state index in [4.69, 9.17) is 0 Å². The van der Waals surface area contributed by atoms with Crippen LogP contribution in [0.3, 0.4) is 0 Å². The third-order valence-electron chi connectivity index (χ3n) is 5.42. The van der Waals surface area contributed by atoms with Crippen molar-refractivity contribution in [1.82, 2.24) is 15.1 Å². The number of halogens is 3. The van der Waals surface area contributed by atoms with Crippen molar-refractivity contribution < 1.29 is 18.0 Å². The summed E-state index contributed by atoms with van der Waals surface area (Å²) in [5.74, 6) is 0.466. The molecule has 5 nitrogen and oxygen atoms in total. The highest BCUT2D eigenvalue weighted by Crippen LogP contribution is 2.29. The zero-order valence-corrected chi connectivity index (χ0v) is 16.9. The first kappa shape index (κ1) is 20.8. The van der Waals surface area contributed by atoms with Crippen molar-refractivity contribution in [2.24, 2.45) is 0 Å². The minimum absolute atomic E-state index is 0.254. The number of hydrogen-bond acceptors (Lipinski definition) is 4. The minimum atomic E-state index is -4.41. The molecule has 0 saturated carbocycles. The van der Waals surface area contributed by atoms with Crippen LogP contribution < -0.4 is 4.90 Å². The summed E-state index contributed by atoms with van der Waals surface area (Å²) in [6.45, 7) is 4.09. The number of alkyl halides is 3. The number of hydrogen-bond donors (Lipinski definition) is 0. The minimum Gasteiger partial charge on any atom is -0.352 e. The summed E-state index contributed by atoms with van der Waals surface area (Å²) in [4.78, 5) is 16.3. The van der Waals surface area contributed by atoms with E-state index in [2.05, 4.69) is 10.2 Å². The number of rotatable bonds is 3. The molecular weight excluding hydrogens is 405 g/mol. The average Bonchev–Trinajstić information content (AvgIpc) is 2.79. The number of piperazine rings is 1. The van der Waals surface area contributed by atoms with E-state index in [1.807, 2.05) is 48.2 Å². The van der Waals surface area contributed by atoms with Crippen LogP contribution in [0.2, 0.25) is 0 Å². The molecule has 4 rings (SSSR count). The molecule has 0 bridgehead atoms. The summed E-state index contributed by atoms with van der Waals surface area (Å²) in [5.41, 5.74) is 2.46. The zero-order chi connectivity index (χ0) is 22.0. The normalized spacial score (nSPS) is 14.6. The summed E-state index contributed by atoms with van der Waals surface area (Å²) in [6, 6.07) is 16.2. The van der Waals surface area contributed by atoms with Crippen LogP contribution in [0.4, 0.5) is 19.0 Å². The molecule has 0 radical (unpaired) electrons. The number of aryl methyl sites for hydroxylation is 1. The monoisotopic (exact) mass is 426 g/mol. The number of benzene rings is 2. The van der Waals surface area contributed by atoms with Crippen LogP contribution in [0, 0.1) is 6.92 Å². The second kappa shape index (κ2) is 8.37. The van der Waals surface area contributed by atoms with Crippen molar-refractivity contribution in [3.63, 3.8) is 0 Å². The number of anilines is 1. The standard InChI is InChI=1S/C23H21F3N4O/c1-16-4-2-3-5-19(16)20-10-11-21(28-27-20)29-12-14-30(15-13-29)22(31)17-6-8-18(9-7-17)23(24,25)26/h2-11H,12-15H2,1H3. The molecule has 1 amide bonds. The SMILES string of the molecule is Cc1ccccc1-c1ccc(N2CCN(C(=O)c3ccc(C(F)(F)F)cc3)CC2)nn1. The molecule has 1 aromatic heterocycles. The van der Waals surface area contributed by atoms with E-state index in [0.717, 1.165) is 34.8 Å². The molecule has 1 saturated heterocycles. The third-order valence-corrected chi connectivity index (χ3v) is 5.42. The van der Waals surface area contributed by atoms with Crippen LogP contribution in [0.5, 0.6) is 0 Å². The van der Waals surface area contributed by atoms with Crippen LogP contribution >= 0.6 is 0 Å². The Kier molecular flexibility index (Phi) is 5.63. The fourth-order valence-electron chi connectivity index (χ4n) is 3.62. The topological polar surface area (TPSA) is 49.3 Å². The first-order valence-electron chi connectivity index (χ1n) is 9.94. The Labute approximate surface area is 178 Å². The van der Waals surface area contributed by atoms with Crippen molar-refractivity contribution >= 4 is 11.7 Å². The van der Waals surface area contributed by atoms with Crippen LogP contribution in [0.15, 0.2) is 60.7 Å². The van der Waals surface area contributed by atoms with Gasteiger partial charge in [-0.15, -0.1) is 10.2 Å². The molecule has 0 aliphatic carbocycles. The lowest BCUT2D eigenvalue weighted by atomic mass is 10.1. The smallest absolute Gasteiger partial charge is 0.352 e. The summed E-state index contributed by atoms with van der Waals surface area (Å²) in [7, 11) is 0. The highest BCUT2D eigenvalue weighted by molar-refractivity contribution is 5.94. The Balaban J connectivity index is 1.38. The van der Waals surface area contributed by atoms with E-state index in [1.54, 1.807) is 4.90 Å². The van der Waals surface area contributed by atoms with Gasteiger partial charge in [-0.25, -0.2) is 0 Å². The first-order valence-corrected chi connectivity index (χ1v) is 9.94. The molecule has 0 atom stereocenters. The van der Waals surface area contributed by atoms with Crippen molar-refractivity contribution in [2.45, 2.75) is 13.1 Å². The molecule has 1 aliphatic heterocycles. The van der Waals surface area contributed by atoms with Gasteiger partial charge in [0.15, 0.2) is 5.82 Å². The fraction of sp³-hybridized carbons (Fsp3) is 0.261. The van der Waals surface area contributed by atoms with Gasteiger partial charge >= 0.3 is 6.18 Å². The molecule has 2 aromatic carbocycles. The molecule has 160 valence electrons. The van der Waals surface area contributed by atoms with Gasteiger partial charge in [-0.05, 0) is 48.9 Å². The Morgan fingerprint density at radius 1 is 0.871 bits per heavy atom. The molecular formula is C23H21F3N4O. The molecule has 0 N–H and O–H groups in total. The lowest BCUT2D eigenvalue weighted by Gasteiger charge is -2.35. The second-order valence-corrected chi connectivity index (χ2v) is 7.45. The van der Waals surface area contributed by atoms with Gasteiger partial charge < -0.3 is 9.80 Å². The van der Waals surface area contributed by atoms with Gasteiger partial charge in [0.1, 0.15) is 0 Å². The summed E-state index contributed by atoms with van der Waals surface area (Å²) < 4.78 is 38.1. The predicted octanol–water partition coefficient (Wildman–Crippen LogP) is 4.43. The Bertz CT molecular complexity index is 1060. The quantitative estimate of drug-likeness (QED) is 0.622. The molecule has 8 heteroatoms. The van der Waals surface area contributed by atoms with Gasteiger partial charge in [-0.2, -0.15) is 13.2 Å². The molecule has 3 aromatic rings. The van der Waals surface area contributed by atoms with Crippen LogP contribution in [0.1, 0.15) is 21.5 Å². The van der Waals surface area contributed by atoms with E-state index in [-0.39, 0.29) is 11.5 Å². The van der Waals surface area contributed by atoms with Crippen LogP contribution in [-0.2, 0) is 6.18 Å². The van der Waals surface area contributed by atoms with Crippen LogP contribution in [0.25, 0.3) is 11.3 Å². The third kappa shape index (κ3) is 4.52. The maximum atomic E-state index is 12.7. The van der Waals surface area contributed by atoms with Crippen molar-refractivity contribution in [1.29, 1.82) is 0 Å². The summed E-state index contributed by atoms with van der Waals surface area (Å²) in [5, 5.41) is 8.70. The lowest BCUT2D eigenvalue weighted by molar-refractivity contribution is -0.137. The fourth-order valence-corrected chi connectivity index (χ4v) is 3.62. The van der Waals surface area contributed by atoms with Gasteiger partial charge in [0.05, 0.1) is 11.3 Å². The highest BCUT2D eigenvalue weighted by Gasteiger charge is 2.30. The summed E-state index contributed by atoms with van der Waals surface area (Å²) >= 11 is 0. The Morgan fingerprint density at radius 3 is 2.13 bits per heavy atom. The Hall–Kier alpha value is -3.42. The van der Waals surface area contributed by atoms with E-state index in [1.165, 1.54) is 12.1 Å². The number of amides is 1. The molecule has 2 heterocycles. The van der Waals surface area contributed by atoms with Crippen molar-refractivity contribution in [2.75, 3.05) is 31.1 Å². The molecule has 31 heavy (non-hydrogen) atoms. The van der Waals surface area contributed by atoms with Gasteiger partial charge in [0, 0.05) is 37.3 Å². The lowest BCUT2D eigenvalue weighted by Crippen LogP contribution is -2.49. The number of carbonyl (C=O) groups excluding carboxylic acids is 1. The van der Waals surface area contributed by atoms with Crippen LogP contribution in [-0.4, -0.2) is 47.2 Å². The predicted molar refractivity (Wildman–Crippen MR) is 112 cm³/mol. The molecule has 1 aliphatic rings. The molecule has 1 fully saturated rings. The van der Waals surface area contributed by atoms with Crippen molar-refractivity contribution in [3.05, 3.63) is 77.4 Å². The van der Waals surface area contributed by atoms with Gasteiger partial charge in [0.2, 0.25) is 0 Å². The maximum absolute atomic E-state index is 12.7. The second-order valence-electron chi connectivity index (χ2n) is 7.45. The van der Waals surface area contributed by atoms with Crippen molar-refractivity contribution in [3.8, 4) is 11.3 Å². The van der Waals surface area contributed by atoms with E-state index < -0.39 is 11.7 Å². The van der Waals surface area contributed by atoms with Gasteiger partial charge in [-0.3, -0.25) is 4.79 Å². The zero-order valence-electron chi connectivity index (χ0n) is 16.9. The van der Waals surface area contributed by atoms with E-state index >= 15 is 0 Å². The largest absolute Gasteiger partial charge is 0.416 e. The number of carbonyl (C=O) groups is 1. The first-order chi connectivity index (χ1) is 14.8. The van der Waals surface area contributed by atoms with E-state index in [0.29, 0.717) is 26.2 Å². The number of nitrogens with zero attached hydrogens (tertiary/aromatic N) is 4. The summed E-state index contributed by atoms with van der Waals surface area (Å²) in [6.07, 6.45) is -4.41. The molecule has 0 unspecified atom stereocenters. The average molecular weight is 426 g/mol. The molecule has 0 spiro atoms. The number of aromatic nitrogens is 2. The van der Waals surface area contributed by atoms with E-state index in [9.17, 15) is 18.0 Å². The highest BCUT2D eigenvalue weighted by atomic mass is 19.4.